The van der Waals surface area contributed by atoms with Crippen LogP contribution in [0.1, 0.15) is 40.0 Å². The fraction of sp³-hybridized carbons (Fsp3) is 0.846. The van der Waals surface area contributed by atoms with Gasteiger partial charge in [0.05, 0.1) is 6.61 Å². The first kappa shape index (κ1) is 15.0. The maximum absolute atomic E-state index is 12.3. The van der Waals surface area contributed by atoms with Crippen molar-refractivity contribution in [3.63, 3.8) is 0 Å². The molecule has 1 aliphatic rings. The standard InChI is InChI=1S/C13H24N2O3/c1-4-18-12(16)8-15(9(2)3)13(17)10-5-6-11(14)7-10/h9-11H,4-8,14H2,1-3H3. The molecule has 1 saturated carbocycles. The second-order valence-electron chi connectivity index (χ2n) is 5.13. The second-order valence-corrected chi connectivity index (χ2v) is 5.13. The third-order valence-corrected chi connectivity index (χ3v) is 3.33. The zero-order valence-corrected chi connectivity index (χ0v) is 11.5. The van der Waals surface area contributed by atoms with Crippen LogP contribution in [0.4, 0.5) is 0 Å². The fourth-order valence-corrected chi connectivity index (χ4v) is 2.34. The van der Waals surface area contributed by atoms with Gasteiger partial charge in [0, 0.05) is 18.0 Å². The number of nitrogens with two attached hydrogens (primary N) is 1. The summed E-state index contributed by atoms with van der Waals surface area (Å²) < 4.78 is 4.90. The molecule has 0 radical (unpaired) electrons. The number of esters is 1. The van der Waals surface area contributed by atoms with Gasteiger partial charge in [0.1, 0.15) is 6.54 Å². The van der Waals surface area contributed by atoms with E-state index in [1.807, 2.05) is 13.8 Å². The Hall–Kier alpha value is -1.10. The summed E-state index contributed by atoms with van der Waals surface area (Å²) in [6.45, 7) is 5.96. The van der Waals surface area contributed by atoms with Gasteiger partial charge >= 0.3 is 5.97 Å². The molecule has 2 unspecified atom stereocenters. The van der Waals surface area contributed by atoms with Crippen LogP contribution in [0, 0.1) is 5.92 Å². The van der Waals surface area contributed by atoms with Crippen LogP contribution in [0.2, 0.25) is 0 Å². The van der Waals surface area contributed by atoms with Gasteiger partial charge in [0.25, 0.3) is 0 Å². The molecule has 1 fully saturated rings. The number of amides is 1. The van der Waals surface area contributed by atoms with Crippen molar-refractivity contribution in [3.8, 4) is 0 Å². The monoisotopic (exact) mass is 256 g/mol. The van der Waals surface area contributed by atoms with Crippen LogP contribution in [0.3, 0.4) is 0 Å². The quantitative estimate of drug-likeness (QED) is 0.742. The number of carbonyl (C=O) groups excluding carboxylic acids is 2. The first-order valence-corrected chi connectivity index (χ1v) is 6.67. The van der Waals surface area contributed by atoms with Crippen LogP contribution in [-0.4, -0.2) is 42.0 Å². The second kappa shape index (κ2) is 6.73. The van der Waals surface area contributed by atoms with Crippen molar-refractivity contribution in [2.45, 2.75) is 52.1 Å². The minimum Gasteiger partial charge on any atom is -0.465 e. The first-order chi connectivity index (χ1) is 8.45. The lowest BCUT2D eigenvalue weighted by Gasteiger charge is -2.28. The predicted molar refractivity (Wildman–Crippen MR) is 68.8 cm³/mol. The third kappa shape index (κ3) is 3.98. The van der Waals surface area contributed by atoms with Crippen LogP contribution >= 0.6 is 0 Å². The van der Waals surface area contributed by atoms with Crippen molar-refractivity contribution in [2.24, 2.45) is 11.7 Å². The van der Waals surface area contributed by atoms with Gasteiger partial charge in [-0.25, -0.2) is 0 Å². The molecule has 0 aliphatic heterocycles. The Labute approximate surface area is 109 Å². The topological polar surface area (TPSA) is 72.6 Å². The van der Waals surface area contributed by atoms with Crippen LogP contribution < -0.4 is 5.73 Å². The van der Waals surface area contributed by atoms with Gasteiger partial charge in [-0.15, -0.1) is 0 Å². The van der Waals surface area contributed by atoms with Gasteiger partial charge in [-0.3, -0.25) is 9.59 Å². The molecule has 1 amide bonds. The summed E-state index contributed by atoms with van der Waals surface area (Å²) in [5, 5.41) is 0. The van der Waals surface area contributed by atoms with Gasteiger partial charge < -0.3 is 15.4 Å². The number of ether oxygens (including phenoxy) is 1. The number of nitrogens with zero attached hydrogens (tertiary/aromatic N) is 1. The minimum atomic E-state index is -0.346. The van der Waals surface area contributed by atoms with E-state index in [1.54, 1.807) is 11.8 Å². The van der Waals surface area contributed by atoms with E-state index in [9.17, 15) is 9.59 Å². The minimum absolute atomic E-state index is 0.00118. The lowest BCUT2D eigenvalue weighted by atomic mass is 10.1. The van der Waals surface area contributed by atoms with Crippen molar-refractivity contribution in [1.82, 2.24) is 4.90 Å². The van der Waals surface area contributed by atoms with Crippen molar-refractivity contribution in [1.29, 1.82) is 0 Å². The van der Waals surface area contributed by atoms with Crippen LogP contribution in [-0.2, 0) is 14.3 Å². The zero-order valence-electron chi connectivity index (χ0n) is 11.5. The number of rotatable bonds is 5. The van der Waals surface area contributed by atoms with Gasteiger partial charge in [0.15, 0.2) is 0 Å². The van der Waals surface area contributed by atoms with Gasteiger partial charge in [0.2, 0.25) is 5.91 Å². The van der Waals surface area contributed by atoms with Crippen LogP contribution in [0.25, 0.3) is 0 Å². The molecule has 18 heavy (non-hydrogen) atoms. The SMILES string of the molecule is CCOC(=O)CN(C(=O)C1CCC(N)C1)C(C)C. The van der Waals surface area contributed by atoms with Gasteiger partial charge in [-0.1, -0.05) is 0 Å². The fourth-order valence-electron chi connectivity index (χ4n) is 2.34. The highest BCUT2D eigenvalue weighted by Gasteiger charge is 2.32. The van der Waals surface area contributed by atoms with Gasteiger partial charge in [-0.05, 0) is 40.0 Å². The van der Waals surface area contributed by atoms with Crippen molar-refractivity contribution in [3.05, 3.63) is 0 Å². The molecule has 0 aromatic rings. The Morgan fingerprint density at radius 2 is 2.06 bits per heavy atom. The van der Waals surface area contributed by atoms with Crippen LogP contribution in [0.15, 0.2) is 0 Å². The van der Waals surface area contributed by atoms with E-state index in [-0.39, 0.29) is 36.4 Å². The van der Waals surface area contributed by atoms with E-state index in [2.05, 4.69) is 0 Å². The molecule has 0 heterocycles. The number of carbonyl (C=O) groups is 2. The highest BCUT2D eigenvalue weighted by Crippen LogP contribution is 2.26. The summed E-state index contributed by atoms with van der Waals surface area (Å²) in [4.78, 5) is 25.4. The molecule has 0 aromatic carbocycles. The number of hydrogen-bond acceptors (Lipinski definition) is 4. The molecular formula is C13H24N2O3. The van der Waals surface area contributed by atoms with E-state index in [1.165, 1.54) is 0 Å². The smallest absolute Gasteiger partial charge is 0.325 e. The summed E-state index contributed by atoms with van der Waals surface area (Å²) in [6.07, 6.45) is 2.44. The summed E-state index contributed by atoms with van der Waals surface area (Å²) in [5.41, 5.74) is 5.83. The lowest BCUT2D eigenvalue weighted by Crippen LogP contribution is -2.44. The average Bonchev–Trinajstić information content (AvgIpc) is 2.72. The summed E-state index contributed by atoms with van der Waals surface area (Å²) in [6, 6.07) is 0.120. The summed E-state index contributed by atoms with van der Waals surface area (Å²) >= 11 is 0. The molecule has 104 valence electrons. The molecular weight excluding hydrogens is 232 g/mol. The highest BCUT2D eigenvalue weighted by atomic mass is 16.5. The molecule has 1 rings (SSSR count). The Balaban J connectivity index is 2.61. The Bertz CT molecular complexity index is 305. The van der Waals surface area contributed by atoms with E-state index >= 15 is 0 Å². The third-order valence-electron chi connectivity index (χ3n) is 3.33. The molecule has 5 nitrogen and oxygen atoms in total. The Morgan fingerprint density at radius 1 is 1.39 bits per heavy atom. The van der Waals surface area contributed by atoms with Crippen molar-refractivity contribution < 1.29 is 14.3 Å². The largest absolute Gasteiger partial charge is 0.465 e. The lowest BCUT2D eigenvalue weighted by molar-refractivity contribution is -0.151. The normalized spacial score (nSPS) is 23.2. The van der Waals surface area contributed by atoms with E-state index in [4.69, 9.17) is 10.5 Å². The molecule has 2 N–H and O–H groups in total. The molecule has 0 saturated heterocycles. The summed E-state index contributed by atoms with van der Waals surface area (Å²) in [5.74, 6) is -0.343. The molecule has 5 heteroatoms. The predicted octanol–water partition coefficient (Wildman–Crippen LogP) is 0.914. The van der Waals surface area contributed by atoms with Crippen LogP contribution in [0.5, 0.6) is 0 Å². The van der Waals surface area contributed by atoms with E-state index in [0.717, 1.165) is 19.3 Å². The average molecular weight is 256 g/mol. The van der Waals surface area contributed by atoms with E-state index < -0.39 is 0 Å². The Kier molecular flexibility index (Phi) is 5.59. The van der Waals surface area contributed by atoms with Gasteiger partial charge in [-0.2, -0.15) is 0 Å². The van der Waals surface area contributed by atoms with Crippen molar-refractivity contribution in [2.75, 3.05) is 13.2 Å². The molecule has 0 spiro atoms. The molecule has 0 bridgehead atoms. The number of hydrogen-bond donors (Lipinski definition) is 1. The van der Waals surface area contributed by atoms with Crippen molar-refractivity contribution >= 4 is 11.9 Å². The molecule has 0 aromatic heterocycles. The maximum atomic E-state index is 12.3. The first-order valence-electron chi connectivity index (χ1n) is 6.67. The molecule has 2 atom stereocenters. The zero-order chi connectivity index (χ0) is 13.7. The summed E-state index contributed by atoms with van der Waals surface area (Å²) in [7, 11) is 0. The van der Waals surface area contributed by atoms with E-state index in [0.29, 0.717) is 6.61 Å². The Morgan fingerprint density at radius 3 is 2.50 bits per heavy atom. The highest BCUT2D eigenvalue weighted by molar-refractivity contribution is 5.84. The molecule has 1 aliphatic carbocycles. The maximum Gasteiger partial charge on any atom is 0.325 e.